The zero-order valence-corrected chi connectivity index (χ0v) is 15.3. The molecule has 4 rings (SSSR count). The number of nitrogens with one attached hydrogen (secondary N) is 1. The van der Waals surface area contributed by atoms with E-state index in [1.165, 1.54) is 0 Å². The Labute approximate surface area is 166 Å². The van der Waals surface area contributed by atoms with Gasteiger partial charge in [0, 0.05) is 23.1 Å². The van der Waals surface area contributed by atoms with Gasteiger partial charge in [0.15, 0.2) is 11.5 Å². The van der Waals surface area contributed by atoms with Gasteiger partial charge in [0.2, 0.25) is 0 Å². The number of nitriles is 1. The van der Waals surface area contributed by atoms with E-state index in [4.69, 9.17) is 11.6 Å². The second-order valence-corrected chi connectivity index (χ2v) is 6.39. The quantitative estimate of drug-likeness (QED) is 0.562. The van der Waals surface area contributed by atoms with Crippen LogP contribution in [0.1, 0.15) is 16.1 Å². The Morgan fingerprint density at radius 1 is 1.00 bits per heavy atom. The maximum atomic E-state index is 12.9. The Balaban J connectivity index is 1.83. The summed E-state index contributed by atoms with van der Waals surface area (Å²) >= 11 is 5.89. The molecule has 0 fully saturated rings. The molecule has 2 heterocycles. The third-order valence-electron chi connectivity index (χ3n) is 4.14. The molecule has 1 amide bonds. The van der Waals surface area contributed by atoms with Gasteiger partial charge in [-0.15, -0.1) is 0 Å². The molecule has 28 heavy (non-hydrogen) atoms. The average Bonchev–Trinajstić information content (AvgIpc) is 3.37. The van der Waals surface area contributed by atoms with Crippen LogP contribution in [-0.4, -0.2) is 20.3 Å². The highest BCUT2D eigenvalue weighted by Crippen LogP contribution is 2.24. The van der Waals surface area contributed by atoms with E-state index in [2.05, 4.69) is 16.5 Å². The van der Waals surface area contributed by atoms with Crippen LogP contribution in [0.25, 0.3) is 11.5 Å². The maximum absolute atomic E-state index is 12.9. The second-order valence-electron chi connectivity index (χ2n) is 5.96. The number of amides is 1. The van der Waals surface area contributed by atoms with Gasteiger partial charge < -0.3 is 9.88 Å². The van der Waals surface area contributed by atoms with Crippen LogP contribution in [0.4, 0.5) is 5.69 Å². The molecule has 0 aliphatic heterocycles. The van der Waals surface area contributed by atoms with E-state index in [1.807, 2.05) is 42.5 Å². The predicted octanol–water partition coefficient (Wildman–Crippen LogP) is 4.44. The van der Waals surface area contributed by atoms with Crippen molar-refractivity contribution in [1.29, 1.82) is 5.26 Å². The monoisotopic (exact) mass is 387 g/mol. The molecule has 1 N–H and O–H groups in total. The van der Waals surface area contributed by atoms with Gasteiger partial charge >= 0.3 is 0 Å². The molecule has 0 saturated carbocycles. The molecule has 4 aromatic rings. The zero-order chi connectivity index (χ0) is 19.5. The molecule has 0 spiro atoms. The van der Waals surface area contributed by atoms with E-state index < -0.39 is 5.91 Å². The molecule has 0 aliphatic rings. The molecule has 136 valence electrons. The fraction of sp³-hybridized carbons (Fsp3) is 0. The van der Waals surface area contributed by atoms with E-state index in [0.29, 0.717) is 16.5 Å². The summed E-state index contributed by atoms with van der Waals surface area (Å²) in [6.07, 6.45) is 3.61. The second kappa shape index (κ2) is 7.43. The molecule has 0 bridgehead atoms. The summed E-state index contributed by atoms with van der Waals surface area (Å²) in [6, 6.07) is 21.9. The van der Waals surface area contributed by atoms with Crippen LogP contribution in [0.3, 0.4) is 0 Å². The molecule has 0 radical (unpaired) electrons. The van der Waals surface area contributed by atoms with Gasteiger partial charge in [0.1, 0.15) is 11.6 Å². The highest BCUT2D eigenvalue weighted by Gasteiger charge is 2.25. The van der Waals surface area contributed by atoms with Crippen LogP contribution in [0, 0.1) is 11.3 Å². The van der Waals surface area contributed by atoms with Gasteiger partial charge in [-0.25, -0.2) is 4.68 Å². The Hall–Kier alpha value is -3.82. The number of benzene rings is 2. The lowest BCUT2D eigenvalue weighted by molar-refractivity contribution is 0.102. The van der Waals surface area contributed by atoms with Crippen LogP contribution in [-0.2, 0) is 0 Å². The molecular formula is C21H14ClN5O. The minimum absolute atomic E-state index is 0.0463. The topological polar surface area (TPSA) is 75.6 Å². The van der Waals surface area contributed by atoms with Gasteiger partial charge in [-0.05, 0) is 48.5 Å². The van der Waals surface area contributed by atoms with Gasteiger partial charge in [0.05, 0.1) is 5.69 Å². The van der Waals surface area contributed by atoms with Crippen molar-refractivity contribution < 1.29 is 4.79 Å². The molecule has 0 aliphatic carbocycles. The number of carbonyl (C=O) groups excluding carboxylic acids is 1. The van der Waals surface area contributed by atoms with Crippen molar-refractivity contribution in [3.63, 3.8) is 0 Å². The summed E-state index contributed by atoms with van der Waals surface area (Å²) in [5, 5.41) is 17.6. The Morgan fingerprint density at radius 2 is 1.68 bits per heavy atom. The molecule has 2 aromatic heterocycles. The number of anilines is 1. The number of carbonyl (C=O) groups is 1. The van der Waals surface area contributed by atoms with Gasteiger partial charge in [0.25, 0.3) is 5.91 Å². The normalized spacial score (nSPS) is 10.4. The maximum Gasteiger partial charge on any atom is 0.277 e. The number of hydrogen-bond acceptors (Lipinski definition) is 3. The van der Waals surface area contributed by atoms with E-state index >= 15 is 0 Å². The number of rotatable bonds is 4. The Bertz CT molecular complexity index is 1160. The number of nitrogens with zero attached hydrogens (tertiary/aromatic N) is 4. The molecule has 2 aromatic carbocycles. The third-order valence-corrected chi connectivity index (χ3v) is 4.39. The molecule has 6 nitrogen and oxygen atoms in total. The van der Waals surface area contributed by atoms with Crippen LogP contribution < -0.4 is 5.32 Å². The summed E-state index contributed by atoms with van der Waals surface area (Å²) in [7, 11) is 0. The minimum Gasteiger partial charge on any atom is -0.321 e. The Kier molecular flexibility index (Phi) is 4.67. The fourth-order valence-electron chi connectivity index (χ4n) is 2.86. The highest BCUT2D eigenvalue weighted by atomic mass is 35.5. The Morgan fingerprint density at radius 3 is 2.32 bits per heavy atom. The summed E-state index contributed by atoms with van der Waals surface area (Å²) in [4.78, 5) is 12.9. The van der Waals surface area contributed by atoms with Crippen molar-refractivity contribution in [2.45, 2.75) is 0 Å². The highest BCUT2D eigenvalue weighted by molar-refractivity contribution is 6.30. The van der Waals surface area contributed by atoms with Gasteiger partial charge in [-0.1, -0.05) is 29.8 Å². The van der Waals surface area contributed by atoms with Crippen LogP contribution in [0.2, 0.25) is 5.02 Å². The first-order valence-corrected chi connectivity index (χ1v) is 8.84. The van der Waals surface area contributed by atoms with Crippen LogP contribution in [0.5, 0.6) is 0 Å². The van der Waals surface area contributed by atoms with Crippen molar-refractivity contribution >= 4 is 23.2 Å². The largest absolute Gasteiger partial charge is 0.321 e. The lowest BCUT2D eigenvalue weighted by Gasteiger charge is -2.08. The van der Waals surface area contributed by atoms with Crippen molar-refractivity contribution in [3.8, 4) is 17.6 Å². The van der Waals surface area contributed by atoms with E-state index in [-0.39, 0.29) is 11.3 Å². The zero-order valence-electron chi connectivity index (χ0n) is 14.6. The van der Waals surface area contributed by atoms with Gasteiger partial charge in [-0.2, -0.15) is 10.4 Å². The first-order valence-electron chi connectivity index (χ1n) is 8.46. The first kappa shape index (κ1) is 17.6. The number of aromatic nitrogens is 3. The number of para-hydroxylation sites is 1. The van der Waals surface area contributed by atoms with E-state index in [0.717, 1.165) is 5.69 Å². The SMILES string of the molecule is N#Cc1c(C(=O)Nc2ccc(Cl)cc2)nn(-c2ccccc2)c1-n1cccc1. The summed E-state index contributed by atoms with van der Waals surface area (Å²) < 4.78 is 3.35. The number of hydrogen-bond donors (Lipinski definition) is 1. The summed E-state index contributed by atoms with van der Waals surface area (Å²) in [5.74, 6) is 0.0296. The van der Waals surface area contributed by atoms with Crippen molar-refractivity contribution in [3.05, 3.63) is 95.4 Å². The fourth-order valence-corrected chi connectivity index (χ4v) is 2.98. The van der Waals surface area contributed by atoms with E-state index in [1.54, 1.807) is 45.9 Å². The van der Waals surface area contributed by atoms with Crippen LogP contribution in [0.15, 0.2) is 79.1 Å². The van der Waals surface area contributed by atoms with Crippen molar-refractivity contribution in [1.82, 2.24) is 14.3 Å². The molecule has 0 atom stereocenters. The average molecular weight is 388 g/mol. The lowest BCUT2D eigenvalue weighted by Crippen LogP contribution is -2.14. The predicted molar refractivity (Wildman–Crippen MR) is 107 cm³/mol. The standard InChI is InChI=1S/C21H14ClN5O/c22-15-8-10-16(11-9-15)24-20(28)19-18(14-23)21(26-12-4-5-13-26)27(25-19)17-6-2-1-3-7-17/h1-13H,(H,24,28). The van der Waals surface area contributed by atoms with Gasteiger partial charge in [-0.3, -0.25) is 4.79 Å². The van der Waals surface area contributed by atoms with E-state index in [9.17, 15) is 10.1 Å². The molecule has 7 heteroatoms. The smallest absolute Gasteiger partial charge is 0.277 e. The van der Waals surface area contributed by atoms with Crippen molar-refractivity contribution in [2.24, 2.45) is 0 Å². The molecular weight excluding hydrogens is 374 g/mol. The van der Waals surface area contributed by atoms with Crippen LogP contribution >= 0.6 is 11.6 Å². The first-order chi connectivity index (χ1) is 13.7. The van der Waals surface area contributed by atoms with Crippen molar-refractivity contribution in [2.75, 3.05) is 5.32 Å². The molecule has 0 unspecified atom stereocenters. The minimum atomic E-state index is -0.470. The summed E-state index contributed by atoms with van der Waals surface area (Å²) in [6.45, 7) is 0. The number of halogens is 1. The third kappa shape index (κ3) is 3.27. The lowest BCUT2D eigenvalue weighted by atomic mass is 10.2. The summed E-state index contributed by atoms with van der Waals surface area (Å²) in [5.41, 5.74) is 1.54. The molecule has 0 saturated heterocycles.